The van der Waals surface area contributed by atoms with Crippen LogP contribution in [0.5, 0.6) is 0 Å². The second-order valence-corrected chi connectivity index (χ2v) is 7.91. The van der Waals surface area contributed by atoms with Gasteiger partial charge in [0.05, 0.1) is 18.3 Å². The van der Waals surface area contributed by atoms with E-state index in [9.17, 15) is 9.90 Å². The van der Waals surface area contributed by atoms with E-state index in [0.717, 1.165) is 25.7 Å². The molecule has 1 aliphatic carbocycles. The number of ether oxygens (including phenoxy) is 2. The maximum Gasteiger partial charge on any atom is 0.303 e. The van der Waals surface area contributed by atoms with E-state index in [1.54, 1.807) is 0 Å². The van der Waals surface area contributed by atoms with Gasteiger partial charge in [-0.05, 0) is 45.4 Å². The minimum Gasteiger partial charge on any atom is -0.481 e. The Labute approximate surface area is 177 Å². The molecule has 0 aromatic heterocycles. The first-order valence-electron chi connectivity index (χ1n) is 11.5. The molecule has 5 atom stereocenters. The molecule has 0 bridgehead atoms. The summed E-state index contributed by atoms with van der Waals surface area (Å²) in [7, 11) is 0. The Morgan fingerprint density at radius 3 is 2.59 bits per heavy atom. The van der Waals surface area contributed by atoms with Gasteiger partial charge < -0.3 is 19.7 Å². The summed E-state index contributed by atoms with van der Waals surface area (Å²) in [5.41, 5.74) is 0. The first-order valence-corrected chi connectivity index (χ1v) is 11.5. The summed E-state index contributed by atoms with van der Waals surface area (Å²) in [6, 6.07) is 0. The van der Waals surface area contributed by atoms with Crippen LogP contribution in [0.1, 0.15) is 78.6 Å². The van der Waals surface area contributed by atoms with Crippen molar-refractivity contribution in [3.63, 3.8) is 0 Å². The molecule has 0 aromatic rings. The van der Waals surface area contributed by atoms with E-state index in [2.05, 4.69) is 25.2 Å². The molecule has 0 aliphatic heterocycles. The normalized spacial score (nSPS) is 25.9. The molecule has 1 saturated carbocycles. The fourth-order valence-electron chi connectivity index (χ4n) is 4.12. The number of carbonyl (C=O) groups is 1. The lowest BCUT2D eigenvalue weighted by atomic mass is 9.89. The van der Waals surface area contributed by atoms with Crippen molar-refractivity contribution < 1.29 is 24.5 Å². The molecule has 29 heavy (non-hydrogen) atoms. The molecule has 5 heteroatoms. The molecular weight excluding hydrogens is 368 g/mol. The molecule has 3 unspecified atom stereocenters. The van der Waals surface area contributed by atoms with Crippen LogP contribution in [0.4, 0.5) is 0 Å². The van der Waals surface area contributed by atoms with E-state index in [4.69, 9.17) is 14.6 Å². The summed E-state index contributed by atoms with van der Waals surface area (Å²) in [5.74, 6) is -0.462. The Morgan fingerprint density at radius 2 is 1.93 bits per heavy atom. The zero-order chi connectivity index (χ0) is 21.5. The average Bonchev–Trinajstić information content (AvgIpc) is 2.97. The Hall–Kier alpha value is -1.17. The van der Waals surface area contributed by atoms with Gasteiger partial charge in [-0.25, -0.2) is 0 Å². The van der Waals surface area contributed by atoms with Crippen molar-refractivity contribution in [3.8, 4) is 0 Å². The number of carboxylic acids is 1. The monoisotopic (exact) mass is 410 g/mol. The highest BCUT2D eigenvalue weighted by atomic mass is 16.5. The minimum absolute atomic E-state index is 0.0366. The highest BCUT2D eigenvalue weighted by Gasteiger charge is 2.40. The van der Waals surface area contributed by atoms with Crippen LogP contribution < -0.4 is 0 Å². The molecule has 168 valence electrons. The van der Waals surface area contributed by atoms with Crippen molar-refractivity contribution in [2.24, 2.45) is 11.8 Å². The largest absolute Gasteiger partial charge is 0.481 e. The number of aliphatic hydroxyl groups excluding tert-OH is 1. The maximum atomic E-state index is 10.6. The Balaban J connectivity index is 2.71. The van der Waals surface area contributed by atoms with Crippen LogP contribution in [0.2, 0.25) is 0 Å². The highest BCUT2D eigenvalue weighted by molar-refractivity contribution is 5.66. The van der Waals surface area contributed by atoms with E-state index in [1.807, 2.05) is 19.9 Å². The van der Waals surface area contributed by atoms with Crippen LogP contribution in [-0.4, -0.2) is 47.7 Å². The fraction of sp³-hybridized carbons (Fsp3) is 0.792. The zero-order valence-corrected chi connectivity index (χ0v) is 18.6. The predicted octanol–water partition coefficient (Wildman–Crippen LogP) is 5.13. The van der Waals surface area contributed by atoms with Gasteiger partial charge in [-0.2, -0.15) is 0 Å². The van der Waals surface area contributed by atoms with Gasteiger partial charge in [0.15, 0.2) is 0 Å². The first-order chi connectivity index (χ1) is 14.0. The minimum atomic E-state index is -0.753. The van der Waals surface area contributed by atoms with Gasteiger partial charge in [-0.1, -0.05) is 50.5 Å². The van der Waals surface area contributed by atoms with Crippen LogP contribution in [0.15, 0.2) is 24.3 Å². The zero-order valence-electron chi connectivity index (χ0n) is 18.6. The number of hydrogen-bond donors (Lipinski definition) is 2. The number of unbranched alkanes of at least 4 members (excludes halogenated alkanes) is 3. The number of aliphatic hydroxyl groups is 1. The highest BCUT2D eigenvalue weighted by Crippen LogP contribution is 2.38. The molecule has 0 spiro atoms. The molecule has 2 N–H and O–H groups in total. The lowest BCUT2D eigenvalue weighted by Crippen LogP contribution is -2.22. The number of aliphatic carboxylic acids is 1. The second-order valence-electron chi connectivity index (χ2n) is 7.91. The molecular formula is C24H42O5. The summed E-state index contributed by atoms with van der Waals surface area (Å²) < 4.78 is 11.8. The average molecular weight is 411 g/mol. The van der Waals surface area contributed by atoms with Crippen LogP contribution in [0.25, 0.3) is 0 Å². The number of hydrogen-bond acceptors (Lipinski definition) is 4. The third kappa shape index (κ3) is 10.4. The van der Waals surface area contributed by atoms with Crippen molar-refractivity contribution in [2.75, 3.05) is 13.2 Å². The van der Waals surface area contributed by atoms with Gasteiger partial charge >= 0.3 is 5.97 Å². The SMILES string of the molecule is CCCCCC(C=C[C@H]1C(OCC)CC(O)[C@@H]1CC=CCCCC(=O)O)OCC. The van der Waals surface area contributed by atoms with Gasteiger partial charge in [0.2, 0.25) is 0 Å². The standard InChI is InChI=1S/C24H42O5/c1-4-7-10-13-19(28-5-2)16-17-21-20(22(25)18-23(21)29-6-3)14-11-8-9-12-15-24(26)27/h8,11,16-17,19-23,25H,4-7,9-10,12-15,18H2,1-3H3,(H,26,27)/t19?,20-,21-,22?,23?/m1/s1. The second kappa shape index (κ2) is 15.6. The van der Waals surface area contributed by atoms with Gasteiger partial charge in [0, 0.05) is 32.0 Å². The molecule has 0 aromatic carbocycles. The number of rotatable bonds is 16. The topological polar surface area (TPSA) is 76.0 Å². The van der Waals surface area contributed by atoms with Crippen molar-refractivity contribution >= 4 is 5.97 Å². The number of carboxylic acid groups (broad SMARTS) is 1. The van der Waals surface area contributed by atoms with Crippen molar-refractivity contribution in [1.29, 1.82) is 0 Å². The molecule has 1 rings (SSSR count). The third-order valence-electron chi connectivity index (χ3n) is 5.63. The predicted molar refractivity (Wildman–Crippen MR) is 117 cm³/mol. The first kappa shape index (κ1) is 25.9. The summed E-state index contributed by atoms with van der Waals surface area (Å²) in [6.45, 7) is 7.58. The van der Waals surface area contributed by atoms with Crippen LogP contribution in [0, 0.1) is 11.8 Å². The smallest absolute Gasteiger partial charge is 0.303 e. The van der Waals surface area contributed by atoms with Crippen molar-refractivity contribution in [1.82, 2.24) is 0 Å². The quantitative estimate of drug-likeness (QED) is 0.272. The lowest BCUT2D eigenvalue weighted by Gasteiger charge is -2.22. The van der Waals surface area contributed by atoms with Crippen molar-refractivity contribution in [2.45, 2.75) is 96.9 Å². The Kier molecular flexibility index (Phi) is 14.0. The molecule has 1 fully saturated rings. The molecule has 0 saturated heterocycles. The van der Waals surface area contributed by atoms with Gasteiger partial charge in [0.25, 0.3) is 0 Å². The van der Waals surface area contributed by atoms with Crippen LogP contribution in [-0.2, 0) is 14.3 Å². The summed E-state index contributed by atoms with van der Waals surface area (Å²) in [6.07, 6.45) is 16.0. The van der Waals surface area contributed by atoms with E-state index < -0.39 is 5.97 Å². The van der Waals surface area contributed by atoms with E-state index in [1.165, 1.54) is 12.8 Å². The molecule has 0 radical (unpaired) electrons. The maximum absolute atomic E-state index is 10.6. The van der Waals surface area contributed by atoms with E-state index in [-0.39, 0.29) is 36.6 Å². The van der Waals surface area contributed by atoms with Gasteiger partial charge in [-0.15, -0.1) is 0 Å². The summed E-state index contributed by atoms with van der Waals surface area (Å²) in [5, 5.41) is 19.3. The Morgan fingerprint density at radius 1 is 1.14 bits per heavy atom. The summed E-state index contributed by atoms with van der Waals surface area (Å²) >= 11 is 0. The summed E-state index contributed by atoms with van der Waals surface area (Å²) in [4.78, 5) is 10.6. The van der Waals surface area contributed by atoms with Crippen molar-refractivity contribution in [3.05, 3.63) is 24.3 Å². The van der Waals surface area contributed by atoms with E-state index in [0.29, 0.717) is 26.1 Å². The molecule has 5 nitrogen and oxygen atoms in total. The molecule has 1 aliphatic rings. The van der Waals surface area contributed by atoms with Gasteiger partial charge in [0.1, 0.15) is 0 Å². The third-order valence-corrected chi connectivity index (χ3v) is 5.63. The fourth-order valence-corrected chi connectivity index (χ4v) is 4.12. The lowest BCUT2D eigenvalue weighted by molar-refractivity contribution is -0.137. The number of allylic oxidation sites excluding steroid dienone is 2. The van der Waals surface area contributed by atoms with E-state index >= 15 is 0 Å². The van der Waals surface area contributed by atoms with Crippen LogP contribution in [0.3, 0.4) is 0 Å². The molecule has 0 amide bonds. The van der Waals surface area contributed by atoms with Gasteiger partial charge in [-0.3, -0.25) is 4.79 Å². The molecule has 0 heterocycles. The Bertz CT molecular complexity index is 488. The van der Waals surface area contributed by atoms with Crippen LogP contribution >= 0.6 is 0 Å².